The number of halogens is 2. The van der Waals surface area contributed by atoms with E-state index in [9.17, 15) is 4.39 Å². The average molecular weight is 434 g/mol. The van der Waals surface area contributed by atoms with Crippen LogP contribution < -0.4 is 14.2 Å². The van der Waals surface area contributed by atoms with Gasteiger partial charge in [-0.05, 0) is 55.6 Å². The quantitative estimate of drug-likeness (QED) is 0.640. The summed E-state index contributed by atoms with van der Waals surface area (Å²) in [5.74, 6) is 2.51. The molecule has 160 valence electrons. The number of likely N-dealkylation sites (tertiary alicyclic amines) is 1. The Morgan fingerprint density at radius 2 is 2.10 bits per heavy atom. The number of hydrogen-bond acceptors (Lipinski definition) is 5. The second kappa shape index (κ2) is 9.10. The molecule has 0 aliphatic carbocycles. The van der Waals surface area contributed by atoms with Crippen LogP contribution in [0.3, 0.4) is 0 Å². The molecule has 0 bridgehead atoms. The Morgan fingerprint density at radius 3 is 3.03 bits per heavy atom. The van der Waals surface area contributed by atoms with Crippen molar-refractivity contribution in [2.75, 3.05) is 39.5 Å². The van der Waals surface area contributed by atoms with Crippen molar-refractivity contribution >= 4 is 23.3 Å². The molecule has 6 nitrogen and oxygen atoms in total. The second-order valence-electron chi connectivity index (χ2n) is 7.65. The van der Waals surface area contributed by atoms with Crippen LogP contribution in [0.4, 0.5) is 4.39 Å². The van der Waals surface area contributed by atoms with Crippen LogP contribution in [0.25, 0.3) is 10.9 Å². The van der Waals surface area contributed by atoms with Gasteiger partial charge in [0, 0.05) is 18.5 Å². The fourth-order valence-electron chi connectivity index (χ4n) is 4.21. The molecule has 1 aromatic heterocycles. The highest BCUT2D eigenvalue weighted by Crippen LogP contribution is 2.38. The normalized spacial score (nSPS) is 18.4. The van der Waals surface area contributed by atoms with Gasteiger partial charge < -0.3 is 14.2 Å². The molecule has 2 aromatic carbocycles. The van der Waals surface area contributed by atoms with Crippen LogP contribution in [-0.4, -0.2) is 54.6 Å². The first-order valence-electron chi connectivity index (χ1n) is 10.1. The minimum atomic E-state index is -0.239. The van der Waals surface area contributed by atoms with Crippen molar-refractivity contribution in [2.24, 2.45) is 5.92 Å². The van der Waals surface area contributed by atoms with Crippen molar-refractivity contribution in [2.45, 2.75) is 12.8 Å². The van der Waals surface area contributed by atoms with Gasteiger partial charge in [0.1, 0.15) is 25.6 Å². The van der Waals surface area contributed by atoms with Gasteiger partial charge >= 0.3 is 0 Å². The number of aromatic amines is 1. The molecule has 8 heteroatoms. The molecule has 30 heavy (non-hydrogen) atoms. The largest absolute Gasteiger partial charge is 0.488 e. The lowest BCUT2D eigenvalue weighted by molar-refractivity contribution is 0.158. The zero-order valence-electron chi connectivity index (χ0n) is 16.6. The fourth-order valence-corrected chi connectivity index (χ4v) is 4.21. The molecule has 1 fully saturated rings. The third-order valence-corrected chi connectivity index (χ3v) is 5.65. The van der Waals surface area contributed by atoms with E-state index in [0.29, 0.717) is 31.5 Å². The van der Waals surface area contributed by atoms with Gasteiger partial charge in [-0.3, -0.25) is 10.00 Å². The molecule has 2 aliphatic heterocycles. The summed E-state index contributed by atoms with van der Waals surface area (Å²) in [6.07, 6.45) is 2.04. The minimum absolute atomic E-state index is 0. The first-order chi connectivity index (χ1) is 14.3. The van der Waals surface area contributed by atoms with Gasteiger partial charge in [-0.1, -0.05) is 6.07 Å². The van der Waals surface area contributed by atoms with Crippen molar-refractivity contribution in [1.29, 1.82) is 0 Å². The molecule has 0 saturated carbocycles. The Morgan fingerprint density at radius 1 is 1.20 bits per heavy atom. The number of hydrogen-bond donors (Lipinski definition) is 1. The van der Waals surface area contributed by atoms with Gasteiger partial charge in [-0.15, -0.1) is 12.4 Å². The SMILES string of the molecule is Cl.Fc1ccc2c(CC3CCN(CCOc4cccc5c4OCCO5)C3)n[nH]c2c1. The smallest absolute Gasteiger partial charge is 0.203 e. The highest BCUT2D eigenvalue weighted by atomic mass is 35.5. The molecule has 2 aliphatic rings. The van der Waals surface area contributed by atoms with E-state index in [4.69, 9.17) is 14.2 Å². The maximum absolute atomic E-state index is 13.4. The highest BCUT2D eigenvalue weighted by Gasteiger charge is 2.24. The molecule has 0 radical (unpaired) electrons. The predicted molar refractivity (Wildman–Crippen MR) is 114 cm³/mol. The first-order valence-corrected chi connectivity index (χ1v) is 10.1. The highest BCUT2D eigenvalue weighted by molar-refractivity contribution is 5.85. The zero-order valence-corrected chi connectivity index (χ0v) is 17.4. The molecule has 3 heterocycles. The number of benzene rings is 2. The predicted octanol–water partition coefficient (Wildman–Crippen LogP) is 3.84. The van der Waals surface area contributed by atoms with Crippen LogP contribution in [0.15, 0.2) is 36.4 Å². The molecule has 0 amide bonds. The van der Waals surface area contributed by atoms with Crippen LogP contribution in [0.2, 0.25) is 0 Å². The molecule has 5 rings (SSSR count). The van der Waals surface area contributed by atoms with E-state index in [1.807, 2.05) is 24.3 Å². The number of para-hydroxylation sites is 1. The third kappa shape index (κ3) is 4.32. The van der Waals surface area contributed by atoms with E-state index in [2.05, 4.69) is 15.1 Å². The summed E-state index contributed by atoms with van der Waals surface area (Å²) >= 11 is 0. The zero-order chi connectivity index (χ0) is 19.6. The van der Waals surface area contributed by atoms with Crippen LogP contribution in [0, 0.1) is 11.7 Å². The van der Waals surface area contributed by atoms with Gasteiger partial charge in [0.05, 0.1) is 11.2 Å². The third-order valence-electron chi connectivity index (χ3n) is 5.65. The number of nitrogens with zero attached hydrogens (tertiary/aromatic N) is 2. The number of H-pyrrole nitrogens is 1. The summed E-state index contributed by atoms with van der Waals surface area (Å²) in [6.45, 7) is 4.68. The van der Waals surface area contributed by atoms with Gasteiger partial charge in [0.2, 0.25) is 5.75 Å². The molecule has 1 atom stereocenters. The van der Waals surface area contributed by atoms with E-state index >= 15 is 0 Å². The standard InChI is InChI=1S/C22H24FN3O3.ClH/c23-16-4-5-17-18(24-25-19(17)13-16)12-15-6-7-26(14-15)8-9-27-20-2-1-3-21-22(20)29-11-10-28-21;/h1-5,13,15H,6-12,14H2,(H,24,25);1H. The Balaban J connectivity index is 0.00000218. The Kier molecular flexibility index (Phi) is 6.29. The minimum Gasteiger partial charge on any atom is -0.488 e. The second-order valence-corrected chi connectivity index (χ2v) is 7.65. The maximum Gasteiger partial charge on any atom is 0.203 e. The summed E-state index contributed by atoms with van der Waals surface area (Å²) in [5, 5.41) is 8.37. The lowest BCUT2D eigenvalue weighted by Gasteiger charge is -2.22. The van der Waals surface area contributed by atoms with Crippen molar-refractivity contribution in [1.82, 2.24) is 15.1 Å². The Hall–Kier alpha value is -2.51. The monoisotopic (exact) mass is 433 g/mol. The Labute approximate surface area is 180 Å². The van der Waals surface area contributed by atoms with Crippen molar-refractivity contribution in [3.8, 4) is 17.2 Å². The number of aromatic nitrogens is 2. The summed E-state index contributed by atoms with van der Waals surface area (Å²) < 4.78 is 30.6. The van der Waals surface area contributed by atoms with Crippen LogP contribution in [0.5, 0.6) is 17.2 Å². The van der Waals surface area contributed by atoms with E-state index in [1.165, 1.54) is 12.1 Å². The van der Waals surface area contributed by atoms with Crippen molar-refractivity contribution in [3.05, 3.63) is 47.9 Å². The average Bonchev–Trinajstić information content (AvgIpc) is 3.35. The van der Waals surface area contributed by atoms with Crippen molar-refractivity contribution < 1.29 is 18.6 Å². The van der Waals surface area contributed by atoms with Crippen LogP contribution in [-0.2, 0) is 6.42 Å². The van der Waals surface area contributed by atoms with Gasteiger partial charge in [0.25, 0.3) is 0 Å². The van der Waals surface area contributed by atoms with Gasteiger partial charge in [-0.25, -0.2) is 4.39 Å². The number of nitrogens with one attached hydrogen (secondary N) is 1. The molecule has 1 unspecified atom stereocenters. The van der Waals surface area contributed by atoms with E-state index in [1.54, 1.807) is 0 Å². The topological polar surface area (TPSA) is 59.6 Å². The maximum atomic E-state index is 13.4. The number of rotatable bonds is 6. The molecule has 0 spiro atoms. The number of fused-ring (bicyclic) bond motifs is 2. The summed E-state index contributed by atoms with van der Waals surface area (Å²) in [6, 6.07) is 10.6. The summed E-state index contributed by atoms with van der Waals surface area (Å²) in [7, 11) is 0. The van der Waals surface area contributed by atoms with E-state index in [0.717, 1.165) is 60.6 Å². The molecule has 3 aromatic rings. The van der Waals surface area contributed by atoms with Crippen molar-refractivity contribution in [3.63, 3.8) is 0 Å². The Bertz CT molecular complexity index is 1010. The van der Waals surface area contributed by atoms with Gasteiger partial charge in [0.15, 0.2) is 11.5 Å². The molecular formula is C22H25ClFN3O3. The summed E-state index contributed by atoms with van der Waals surface area (Å²) in [5.41, 5.74) is 1.79. The van der Waals surface area contributed by atoms with Crippen LogP contribution >= 0.6 is 12.4 Å². The lowest BCUT2D eigenvalue weighted by atomic mass is 10.0. The lowest BCUT2D eigenvalue weighted by Crippen LogP contribution is -2.26. The summed E-state index contributed by atoms with van der Waals surface area (Å²) in [4.78, 5) is 2.42. The fraction of sp³-hybridized carbons (Fsp3) is 0.409. The molecule has 1 N–H and O–H groups in total. The van der Waals surface area contributed by atoms with Crippen LogP contribution in [0.1, 0.15) is 12.1 Å². The first kappa shape index (κ1) is 20.8. The van der Waals surface area contributed by atoms with Gasteiger partial charge in [-0.2, -0.15) is 5.10 Å². The van der Waals surface area contributed by atoms with E-state index in [-0.39, 0.29) is 18.2 Å². The molecular weight excluding hydrogens is 409 g/mol. The number of ether oxygens (including phenoxy) is 3. The van der Waals surface area contributed by atoms with E-state index < -0.39 is 0 Å². The molecule has 1 saturated heterocycles.